The van der Waals surface area contributed by atoms with Crippen LogP contribution in [0.3, 0.4) is 0 Å². The molecular formula is C47H28N4O2S. The van der Waals surface area contributed by atoms with Crippen LogP contribution in [-0.2, 0) is 0 Å². The highest BCUT2D eigenvalue weighted by Gasteiger charge is 2.17. The number of thiophene rings is 1. The Hall–Kier alpha value is -7.09. The molecule has 0 amide bonds. The first kappa shape index (κ1) is 30.5. The molecule has 54 heavy (non-hydrogen) atoms. The molecule has 7 aromatic carbocycles. The smallest absolute Gasteiger partial charge is 0.227 e. The number of rotatable bonds is 6. The van der Waals surface area contributed by atoms with Gasteiger partial charge < -0.3 is 13.7 Å². The van der Waals surface area contributed by atoms with Crippen LogP contribution in [0.5, 0.6) is 0 Å². The van der Waals surface area contributed by atoms with Crippen molar-refractivity contribution in [3.63, 3.8) is 0 Å². The lowest BCUT2D eigenvalue weighted by molar-refractivity contribution is 0.619. The molecule has 11 aromatic rings. The predicted octanol–water partition coefficient (Wildman–Crippen LogP) is 13.4. The highest BCUT2D eigenvalue weighted by molar-refractivity contribution is 7.25. The largest absolute Gasteiger partial charge is 0.436 e. The van der Waals surface area contributed by atoms with Crippen molar-refractivity contribution in [2.45, 2.75) is 0 Å². The van der Waals surface area contributed by atoms with Gasteiger partial charge in [-0.05, 0) is 114 Å². The van der Waals surface area contributed by atoms with E-state index in [1.54, 1.807) is 0 Å². The van der Waals surface area contributed by atoms with Crippen LogP contribution >= 0.6 is 11.3 Å². The number of anilines is 3. The average molecular weight is 713 g/mol. The second-order valence-electron chi connectivity index (χ2n) is 13.3. The number of para-hydroxylation sites is 4. The third-order valence-corrected chi connectivity index (χ3v) is 11.1. The molecule has 0 unspecified atom stereocenters. The topological polar surface area (TPSA) is 68.2 Å². The van der Waals surface area contributed by atoms with Gasteiger partial charge in [0, 0.05) is 60.1 Å². The van der Waals surface area contributed by atoms with E-state index in [4.69, 9.17) is 23.8 Å². The summed E-state index contributed by atoms with van der Waals surface area (Å²) in [7, 11) is 0. The van der Waals surface area contributed by atoms with Gasteiger partial charge in [-0.1, -0.05) is 60.7 Å². The molecule has 0 saturated carbocycles. The number of oxazole rings is 2. The highest BCUT2D eigenvalue weighted by Crippen LogP contribution is 2.40. The number of fused-ring (bicyclic) bond motifs is 6. The summed E-state index contributed by atoms with van der Waals surface area (Å²) in [5, 5.41) is 4.74. The average Bonchev–Trinajstić information content (AvgIpc) is 3.96. The molecule has 0 fully saturated rings. The van der Waals surface area contributed by atoms with Crippen LogP contribution in [0.2, 0.25) is 0 Å². The number of hydrogen-bond donors (Lipinski definition) is 0. The summed E-state index contributed by atoms with van der Waals surface area (Å²) in [5.41, 5.74) is 10.1. The van der Waals surface area contributed by atoms with Crippen molar-refractivity contribution in [2.24, 2.45) is 0 Å². The van der Waals surface area contributed by atoms with E-state index < -0.39 is 0 Å². The van der Waals surface area contributed by atoms with Crippen molar-refractivity contribution < 1.29 is 8.83 Å². The van der Waals surface area contributed by atoms with Gasteiger partial charge in [0.1, 0.15) is 11.0 Å². The molecule has 7 heteroatoms. The molecule has 0 aliphatic rings. The molecule has 254 valence electrons. The molecule has 0 aliphatic carbocycles. The van der Waals surface area contributed by atoms with Crippen LogP contribution in [-0.4, -0.2) is 15.0 Å². The van der Waals surface area contributed by atoms with Crippen LogP contribution in [0.25, 0.3) is 87.3 Å². The van der Waals surface area contributed by atoms with Crippen molar-refractivity contribution in [1.29, 1.82) is 0 Å². The quantitative estimate of drug-likeness (QED) is 0.171. The second kappa shape index (κ2) is 12.3. The van der Waals surface area contributed by atoms with E-state index in [1.807, 2.05) is 66.1 Å². The fourth-order valence-electron chi connectivity index (χ4n) is 7.25. The van der Waals surface area contributed by atoms with E-state index in [2.05, 4.69) is 120 Å². The molecular weight excluding hydrogens is 685 g/mol. The van der Waals surface area contributed by atoms with Crippen molar-refractivity contribution in [3.8, 4) is 34.2 Å². The fourth-order valence-corrected chi connectivity index (χ4v) is 8.37. The van der Waals surface area contributed by atoms with Gasteiger partial charge in [-0.2, -0.15) is 0 Å². The number of nitrogens with zero attached hydrogens (tertiary/aromatic N) is 4. The number of pyridine rings is 1. The lowest BCUT2D eigenvalue weighted by atomic mass is 10.0. The minimum atomic E-state index is 0.597. The van der Waals surface area contributed by atoms with Gasteiger partial charge in [0.15, 0.2) is 11.2 Å². The Morgan fingerprint density at radius 1 is 0.444 bits per heavy atom. The molecule has 11 rings (SSSR count). The Morgan fingerprint density at radius 2 is 1.00 bits per heavy atom. The van der Waals surface area contributed by atoms with Crippen LogP contribution in [0.15, 0.2) is 179 Å². The minimum Gasteiger partial charge on any atom is -0.436 e. The van der Waals surface area contributed by atoms with E-state index in [0.717, 1.165) is 72.4 Å². The first-order valence-corrected chi connectivity index (χ1v) is 18.6. The Balaban J connectivity index is 0.972. The highest BCUT2D eigenvalue weighted by atomic mass is 32.1. The zero-order valence-electron chi connectivity index (χ0n) is 28.7. The Kier molecular flexibility index (Phi) is 6.93. The zero-order chi connectivity index (χ0) is 35.6. The monoisotopic (exact) mass is 712 g/mol. The van der Waals surface area contributed by atoms with Crippen molar-refractivity contribution in [3.05, 3.63) is 170 Å². The summed E-state index contributed by atoms with van der Waals surface area (Å²) in [6, 6.07) is 56.3. The van der Waals surface area contributed by atoms with E-state index in [1.165, 1.54) is 20.2 Å². The summed E-state index contributed by atoms with van der Waals surface area (Å²) in [6.45, 7) is 0. The van der Waals surface area contributed by atoms with Crippen LogP contribution in [0.1, 0.15) is 0 Å². The normalized spacial score (nSPS) is 11.7. The molecule has 0 aliphatic heterocycles. The van der Waals surface area contributed by atoms with E-state index in [0.29, 0.717) is 11.8 Å². The molecule has 0 bridgehead atoms. The van der Waals surface area contributed by atoms with Crippen LogP contribution in [0.4, 0.5) is 17.1 Å². The van der Waals surface area contributed by atoms with Gasteiger partial charge in [-0.3, -0.25) is 4.98 Å². The van der Waals surface area contributed by atoms with Gasteiger partial charge >= 0.3 is 0 Å². The molecule has 0 N–H and O–H groups in total. The lowest BCUT2D eigenvalue weighted by Gasteiger charge is -2.26. The summed E-state index contributed by atoms with van der Waals surface area (Å²) < 4.78 is 14.7. The molecule has 6 nitrogen and oxygen atoms in total. The van der Waals surface area contributed by atoms with Crippen molar-refractivity contribution in [1.82, 2.24) is 15.0 Å². The third kappa shape index (κ3) is 5.21. The molecule has 0 saturated heterocycles. The van der Waals surface area contributed by atoms with Gasteiger partial charge in [-0.15, -0.1) is 11.3 Å². The minimum absolute atomic E-state index is 0.597. The predicted molar refractivity (Wildman–Crippen MR) is 221 cm³/mol. The van der Waals surface area contributed by atoms with Crippen LogP contribution in [0, 0.1) is 0 Å². The van der Waals surface area contributed by atoms with E-state index >= 15 is 0 Å². The molecule has 0 spiro atoms. The standard InChI is InChI=1S/C47H28N4O2S/c1-6-12-44-37(7-1)38-28-48-41(27-45(38)54-44)33-14-13-32-26-36(24-19-31(32)25-33)51(34-20-15-29(16-21-34)46-49-39-8-2-4-10-42(39)52-46)35-22-17-30(18-23-35)47-50-40-9-3-5-11-43(40)53-47/h1-28H. The maximum atomic E-state index is 6.08. The second-order valence-corrected chi connectivity index (χ2v) is 14.4. The SMILES string of the molecule is c1ccc2oc(-c3ccc(N(c4ccc(-c5nc6ccccc6o5)cc4)c4ccc5cc(-c6cc7sc8ccccc8c7cn6)ccc5c4)cc3)nc2c1. The summed E-state index contributed by atoms with van der Waals surface area (Å²) >= 11 is 1.81. The number of benzene rings is 7. The van der Waals surface area contributed by atoms with E-state index in [9.17, 15) is 0 Å². The molecule has 0 radical (unpaired) electrons. The maximum Gasteiger partial charge on any atom is 0.227 e. The third-order valence-electron chi connectivity index (χ3n) is 9.97. The van der Waals surface area contributed by atoms with Gasteiger partial charge in [0.2, 0.25) is 11.8 Å². The van der Waals surface area contributed by atoms with E-state index in [-0.39, 0.29) is 0 Å². The Labute approximate surface area is 313 Å². The van der Waals surface area contributed by atoms with Gasteiger partial charge in [-0.25, -0.2) is 9.97 Å². The van der Waals surface area contributed by atoms with Crippen molar-refractivity contribution in [2.75, 3.05) is 4.90 Å². The molecule has 0 atom stereocenters. The van der Waals surface area contributed by atoms with Gasteiger partial charge in [0.25, 0.3) is 0 Å². The fraction of sp³-hybridized carbons (Fsp3) is 0. The zero-order valence-corrected chi connectivity index (χ0v) is 29.5. The Bertz CT molecular complexity index is 2990. The van der Waals surface area contributed by atoms with Crippen molar-refractivity contribution >= 4 is 81.5 Å². The summed E-state index contributed by atoms with van der Waals surface area (Å²) in [6.07, 6.45) is 2.01. The molecule has 4 aromatic heterocycles. The first-order chi connectivity index (χ1) is 26.7. The van der Waals surface area contributed by atoms with Crippen LogP contribution < -0.4 is 4.90 Å². The molecule has 4 heterocycles. The lowest BCUT2D eigenvalue weighted by Crippen LogP contribution is -2.09. The first-order valence-electron chi connectivity index (χ1n) is 17.7. The summed E-state index contributed by atoms with van der Waals surface area (Å²) in [5.74, 6) is 1.19. The number of aromatic nitrogens is 3. The summed E-state index contributed by atoms with van der Waals surface area (Å²) in [4.78, 5) is 16.6. The van der Waals surface area contributed by atoms with Gasteiger partial charge in [0.05, 0.1) is 5.69 Å². The number of hydrogen-bond acceptors (Lipinski definition) is 7. The maximum absolute atomic E-state index is 6.08. The Morgan fingerprint density at radius 3 is 1.67 bits per heavy atom.